The SMILES string of the molecule is C=C1CC2COC(=O)C2(Cc2cccc(C(=O)OCCN3CCCC3=O)c2)C1. The van der Waals surface area contributed by atoms with Crippen molar-refractivity contribution in [3.05, 3.63) is 47.5 Å². The highest BCUT2D eigenvalue weighted by molar-refractivity contribution is 5.89. The molecule has 3 aliphatic rings. The summed E-state index contributed by atoms with van der Waals surface area (Å²) in [5.41, 5.74) is 1.92. The smallest absolute Gasteiger partial charge is 0.338 e. The summed E-state index contributed by atoms with van der Waals surface area (Å²) in [6.07, 6.45) is 3.46. The van der Waals surface area contributed by atoms with E-state index in [1.165, 1.54) is 0 Å². The normalized spacial score (nSPS) is 26.5. The number of carbonyl (C=O) groups excluding carboxylic acids is 3. The Kier molecular flexibility index (Phi) is 4.96. The quantitative estimate of drug-likeness (QED) is 0.558. The number of rotatable bonds is 6. The molecule has 3 fully saturated rings. The first-order valence-corrected chi connectivity index (χ1v) is 9.86. The molecule has 2 unspecified atom stereocenters. The van der Waals surface area contributed by atoms with Gasteiger partial charge in [-0.2, -0.15) is 0 Å². The number of carbonyl (C=O) groups is 3. The van der Waals surface area contributed by atoms with Gasteiger partial charge in [-0.1, -0.05) is 24.3 Å². The molecule has 0 aromatic heterocycles. The average molecular weight is 383 g/mol. The Bertz CT molecular complexity index is 832. The third kappa shape index (κ3) is 3.43. The number of ether oxygens (including phenoxy) is 2. The van der Waals surface area contributed by atoms with Gasteiger partial charge in [0.25, 0.3) is 0 Å². The molecule has 2 atom stereocenters. The zero-order valence-corrected chi connectivity index (χ0v) is 15.9. The molecule has 0 bridgehead atoms. The van der Waals surface area contributed by atoms with E-state index in [1.807, 2.05) is 12.1 Å². The summed E-state index contributed by atoms with van der Waals surface area (Å²) < 4.78 is 10.7. The number of benzene rings is 1. The van der Waals surface area contributed by atoms with Crippen LogP contribution in [0, 0.1) is 11.3 Å². The van der Waals surface area contributed by atoms with Crippen LogP contribution in [0.25, 0.3) is 0 Å². The fourth-order valence-corrected chi connectivity index (χ4v) is 4.71. The van der Waals surface area contributed by atoms with Crippen LogP contribution >= 0.6 is 0 Å². The van der Waals surface area contributed by atoms with Gasteiger partial charge in [0.1, 0.15) is 6.61 Å². The number of nitrogens with zero attached hydrogens (tertiary/aromatic N) is 1. The summed E-state index contributed by atoms with van der Waals surface area (Å²) >= 11 is 0. The Balaban J connectivity index is 1.40. The molecule has 0 spiro atoms. The topological polar surface area (TPSA) is 72.9 Å². The lowest BCUT2D eigenvalue weighted by molar-refractivity contribution is -0.146. The van der Waals surface area contributed by atoms with Gasteiger partial charge in [-0.25, -0.2) is 4.79 Å². The van der Waals surface area contributed by atoms with Gasteiger partial charge in [-0.15, -0.1) is 0 Å². The lowest BCUT2D eigenvalue weighted by Gasteiger charge is -2.24. The second-order valence-electron chi connectivity index (χ2n) is 8.08. The zero-order valence-electron chi connectivity index (χ0n) is 15.9. The summed E-state index contributed by atoms with van der Waals surface area (Å²) in [5, 5.41) is 0. The predicted octanol–water partition coefficient (Wildman–Crippen LogP) is 2.52. The van der Waals surface area contributed by atoms with Crippen LogP contribution in [-0.4, -0.2) is 49.0 Å². The van der Waals surface area contributed by atoms with E-state index in [1.54, 1.807) is 17.0 Å². The third-order valence-electron chi connectivity index (χ3n) is 6.15. The second-order valence-corrected chi connectivity index (χ2v) is 8.08. The van der Waals surface area contributed by atoms with E-state index in [-0.39, 0.29) is 24.4 Å². The number of amides is 1. The summed E-state index contributed by atoms with van der Waals surface area (Å²) in [4.78, 5) is 38.2. The average Bonchev–Trinajstić information content (AvgIpc) is 3.30. The van der Waals surface area contributed by atoms with E-state index in [4.69, 9.17) is 9.47 Å². The first-order valence-electron chi connectivity index (χ1n) is 9.86. The number of fused-ring (bicyclic) bond motifs is 1. The standard InChI is InChI=1S/C22H25NO5/c1-15-10-18-14-28-21(26)22(18,12-15)13-16-4-2-5-17(11-16)20(25)27-9-8-23-7-3-6-19(23)24/h2,4-5,11,18H,1,3,6-10,12-14H2. The van der Waals surface area contributed by atoms with Crippen LogP contribution < -0.4 is 0 Å². The molecule has 1 aromatic rings. The minimum absolute atomic E-state index is 0.119. The number of cyclic esters (lactones) is 1. The van der Waals surface area contributed by atoms with Crippen molar-refractivity contribution in [3.8, 4) is 0 Å². The number of hydrogen-bond donors (Lipinski definition) is 0. The maximum Gasteiger partial charge on any atom is 0.338 e. The van der Waals surface area contributed by atoms with Gasteiger partial charge in [0.2, 0.25) is 5.91 Å². The summed E-state index contributed by atoms with van der Waals surface area (Å²) in [7, 11) is 0. The Morgan fingerprint density at radius 2 is 2.21 bits per heavy atom. The van der Waals surface area contributed by atoms with Crippen molar-refractivity contribution in [1.82, 2.24) is 4.90 Å². The monoisotopic (exact) mass is 383 g/mol. The highest BCUT2D eigenvalue weighted by atomic mass is 16.5. The van der Waals surface area contributed by atoms with Gasteiger partial charge in [-0.3, -0.25) is 9.59 Å². The Morgan fingerprint density at radius 1 is 1.36 bits per heavy atom. The van der Waals surface area contributed by atoms with Gasteiger partial charge in [-0.05, 0) is 43.4 Å². The fourth-order valence-electron chi connectivity index (χ4n) is 4.71. The van der Waals surface area contributed by atoms with E-state index in [0.717, 1.165) is 30.5 Å². The van der Waals surface area contributed by atoms with E-state index < -0.39 is 11.4 Å². The van der Waals surface area contributed by atoms with E-state index in [2.05, 4.69) is 6.58 Å². The Hall–Kier alpha value is -2.63. The molecule has 1 amide bonds. The summed E-state index contributed by atoms with van der Waals surface area (Å²) in [6.45, 7) is 5.87. The van der Waals surface area contributed by atoms with Crippen molar-refractivity contribution in [1.29, 1.82) is 0 Å². The molecule has 0 N–H and O–H groups in total. The zero-order chi connectivity index (χ0) is 19.7. The van der Waals surface area contributed by atoms with Gasteiger partial charge in [0.05, 0.1) is 24.1 Å². The molecule has 2 heterocycles. The van der Waals surface area contributed by atoms with Crippen molar-refractivity contribution < 1.29 is 23.9 Å². The number of hydrogen-bond acceptors (Lipinski definition) is 5. The summed E-state index contributed by atoms with van der Waals surface area (Å²) in [6, 6.07) is 7.24. The van der Waals surface area contributed by atoms with Crippen LogP contribution in [-0.2, 0) is 25.5 Å². The van der Waals surface area contributed by atoms with Gasteiger partial charge in [0.15, 0.2) is 0 Å². The van der Waals surface area contributed by atoms with Gasteiger partial charge in [0, 0.05) is 18.9 Å². The number of allylic oxidation sites excluding steroid dienone is 1. The molecule has 0 radical (unpaired) electrons. The molecule has 4 rings (SSSR count). The predicted molar refractivity (Wildman–Crippen MR) is 101 cm³/mol. The van der Waals surface area contributed by atoms with Crippen molar-refractivity contribution >= 4 is 17.8 Å². The van der Waals surface area contributed by atoms with Crippen LogP contribution in [0.5, 0.6) is 0 Å². The molecule has 1 saturated carbocycles. The summed E-state index contributed by atoms with van der Waals surface area (Å²) in [5.74, 6) is -0.277. The molecule has 148 valence electrons. The molecular weight excluding hydrogens is 358 g/mol. The van der Waals surface area contributed by atoms with Crippen molar-refractivity contribution in [2.24, 2.45) is 11.3 Å². The lowest BCUT2D eigenvalue weighted by atomic mass is 9.75. The molecule has 28 heavy (non-hydrogen) atoms. The van der Waals surface area contributed by atoms with Gasteiger partial charge >= 0.3 is 11.9 Å². The molecular formula is C22H25NO5. The maximum atomic E-state index is 12.5. The van der Waals surface area contributed by atoms with E-state index in [0.29, 0.717) is 38.0 Å². The van der Waals surface area contributed by atoms with Crippen molar-refractivity contribution in [2.75, 3.05) is 26.3 Å². The second kappa shape index (κ2) is 7.41. The highest BCUT2D eigenvalue weighted by Gasteiger charge is 2.55. The third-order valence-corrected chi connectivity index (χ3v) is 6.15. The van der Waals surface area contributed by atoms with Crippen LogP contribution in [0.2, 0.25) is 0 Å². The Morgan fingerprint density at radius 3 is 3.00 bits per heavy atom. The van der Waals surface area contributed by atoms with Crippen LogP contribution in [0.1, 0.15) is 41.6 Å². The number of likely N-dealkylation sites (tertiary alicyclic amines) is 1. The first kappa shape index (κ1) is 18.7. The van der Waals surface area contributed by atoms with Crippen molar-refractivity contribution in [3.63, 3.8) is 0 Å². The molecule has 1 aromatic carbocycles. The highest BCUT2D eigenvalue weighted by Crippen LogP contribution is 2.52. The Labute approximate surface area is 164 Å². The molecule has 6 heteroatoms. The van der Waals surface area contributed by atoms with E-state index in [9.17, 15) is 14.4 Å². The first-order chi connectivity index (χ1) is 13.5. The lowest BCUT2D eigenvalue weighted by Crippen LogP contribution is -2.31. The van der Waals surface area contributed by atoms with Gasteiger partial charge < -0.3 is 14.4 Å². The maximum absolute atomic E-state index is 12.5. The molecule has 1 aliphatic carbocycles. The largest absolute Gasteiger partial charge is 0.465 e. The van der Waals surface area contributed by atoms with Crippen LogP contribution in [0.4, 0.5) is 0 Å². The minimum Gasteiger partial charge on any atom is -0.465 e. The minimum atomic E-state index is -0.546. The van der Waals surface area contributed by atoms with Crippen molar-refractivity contribution in [2.45, 2.75) is 32.1 Å². The van der Waals surface area contributed by atoms with Crippen LogP contribution in [0.3, 0.4) is 0 Å². The molecule has 2 aliphatic heterocycles. The number of esters is 2. The van der Waals surface area contributed by atoms with E-state index >= 15 is 0 Å². The van der Waals surface area contributed by atoms with Crippen LogP contribution in [0.15, 0.2) is 36.4 Å². The molecule has 6 nitrogen and oxygen atoms in total. The molecule has 2 saturated heterocycles. The fraction of sp³-hybridized carbons (Fsp3) is 0.500.